The molecule has 0 saturated heterocycles. The van der Waals surface area contributed by atoms with Gasteiger partial charge < -0.3 is 10.2 Å². The Hall–Kier alpha value is -3.12. The number of rotatable bonds is 6. The minimum atomic E-state index is -0.374. The second kappa shape index (κ2) is 8.92. The lowest BCUT2D eigenvalue weighted by molar-refractivity contribution is -0.129. The molecule has 6 nitrogen and oxygen atoms in total. The van der Waals surface area contributed by atoms with Gasteiger partial charge in [0.1, 0.15) is 0 Å². The van der Waals surface area contributed by atoms with E-state index in [-0.39, 0.29) is 18.4 Å². The number of halogens is 1. The lowest BCUT2D eigenvalue weighted by Gasteiger charge is -2.18. The molecule has 0 bridgehead atoms. The van der Waals surface area contributed by atoms with Gasteiger partial charge in [-0.15, -0.1) is 0 Å². The highest BCUT2D eigenvalue weighted by atomic mass is 35.5. The molecule has 7 heteroatoms. The third kappa shape index (κ3) is 4.66. The van der Waals surface area contributed by atoms with E-state index in [4.69, 9.17) is 11.6 Å². The summed E-state index contributed by atoms with van der Waals surface area (Å²) < 4.78 is 1.88. The highest BCUT2D eigenvalue weighted by Crippen LogP contribution is 2.19. The van der Waals surface area contributed by atoms with Crippen molar-refractivity contribution in [3.05, 3.63) is 82.1 Å². The Labute approximate surface area is 175 Å². The summed E-state index contributed by atoms with van der Waals surface area (Å²) in [6.45, 7) is 4.22. The molecule has 1 N–H and O–H groups in total. The molecule has 0 aliphatic heterocycles. The van der Waals surface area contributed by atoms with Crippen LogP contribution in [0.3, 0.4) is 0 Å². The summed E-state index contributed by atoms with van der Waals surface area (Å²) in [5, 5.41) is 7.59. The fourth-order valence-electron chi connectivity index (χ4n) is 3.08. The maximum atomic E-state index is 12.5. The minimum Gasteiger partial charge on any atom is -0.343 e. The number of carbonyl (C=O) groups is 2. The molecule has 0 saturated carbocycles. The number of benzene rings is 2. The fraction of sp³-hybridized carbons (Fsp3) is 0.227. The van der Waals surface area contributed by atoms with Gasteiger partial charge in [0.05, 0.1) is 28.5 Å². The van der Waals surface area contributed by atoms with Crippen LogP contribution < -0.4 is 5.32 Å². The largest absolute Gasteiger partial charge is 0.343 e. The second-order valence-corrected chi connectivity index (χ2v) is 7.22. The lowest BCUT2D eigenvalue weighted by Crippen LogP contribution is -2.38. The minimum absolute atomic E-state index is 0.106. The number of hydrogen-bond donors (Lipinski definition) is 1. The predicted molar refractivity (Wildman–Crippen MR) is 113 cm³/mol. The highest BCUT2D eigenvalue weighted by Gasteiger charge is 2.18. The van der Waals surface area contributed by atoms with Crippen molar-refractivity contribution in [2.24, 2.45) is 0 Å². The normalized spacial score (nSPS) is 10.6. The lowest BCUT2D eigenvalue weighted by atomic mass is 10.2. The Balaban J connectivity index is 1.65. The third-order valence-corrected chi connectivity index (χ3v) is 5.11. The van der Waals surface area contributed by atoms with E-state index in [1.54, 1.807) is 36.2 Å². The summed E-state index contributed by atoms with van der Waals surface area (Å²) in [5.74, 6) is -0.571. The molecule has 3 aromatic rings. The van der Waals surface area contributed by atoms with Crippen LogP contribution in [0.15, 0.2) is 54.6 Å². The van der Waals surface area contributed by atoms with Gasteiger partial charge in [0, 0.05) is 24.8 Å². The third-order valence-electron chi connectivity index (χ3n) is 4.78. The van der Waals surface area contributed by atoms with Crippen molar-refractivity contribution in [1.82, 2.24) is 20.0 Å². The van der Waals surface area contributed by atoms with Gasteiger partial charge in [-0.2, -0.15) is 5.10 Å². The smallest absolute Gasteiger partial charge is 0.253 e. The van der Waals surface area contributed by atoms with Gasteiger partial charge in [0.25, 0.3) is 5.91 Å². The quantitative estimate of drug-likeness (QED) is 0.676. The first kappa shape index (κ1) is 20.6. The number of para-hydroxylation sites is 1. The van der Waals surface area contributed by atoms with E-state index in [9.17, 15) is 9.59 Å². The van der Waals surface area contributed by atoms with E-state index in [2.05, 4.69) is 10.4 Å². The van der Waals surface area contributed by atoms with Crippen LogP contribution in [-0.2, 0) is 11.3 Å². The van der Waals surface area contributed by atoms with Gasteiger partial charge in [-0.05, 0) is 38.1 Å². The first-order chi connectivity index (χ1) is 13.9. The highest BCUT2D eigenvalue weighted by molar-refractivity contribution is 6.33. The first-order valence-corrected chi connectivity index (χ1v) is 9.63. The van der Waals surface area contributed by atoms with E-state index in [1.807, 2.05) is 48.9 Å². The zero-order valence-corrected chi connectivity index (χ0v) is 17.4. The molecule has 0 fully saturated rings. The van der Waals surface area contributed by atoms with Crippen molar-refractivity contribution < 1.29 is 9.59 Å². The van der Waals surface area contributed by atoms with Crippen LogP contribution in [0.4, 0.5) is 0 Å². The molecule has 0 aliphatic rings. The Morgan fingerprint density at radius 1 is 1.07 bits per heavy atom. The molecule has 0 unspecified atom stereocenters. The van der Waals surface area contributed by atoms with Crippen molar-refractivity contribution in [2.45, 2.75) is 20.4 Å². The average Bonchev–Trinajstić information content (AvgIpc) is 3.01. The number of likely N-dealkylation sites (N-methyl/N-ethyl adjacent to an activating group) is 1. The van der Waals surface area contributed by atoms with Crippen molar-refractivity contribution in [1.29, 1.82) is 0 Å². The van der Waals surface area contributed by atoms with Gasteiger partial charge in [-0.3, -0.25) is 9.59 Å². The van der Waals surface area contributed by atoms with Gasteiger partial charge in [0.15, 0.2) is 0 Å². The summed E-state index contributed by atoms with van der Waals surface area (Å²) in [5.41, 5.74) is 4.16. The van der Waals surface area contributed by atoms with Gasteiger partial charge >= 0.3 is 0 Å². The number of carbonyl (C=O) groups excluding carboxylic acids is 2. The average molecular weight is 411 g/mol. The van der Waals surface area contributed by atoms with Crippen LogP contribution in [0.1, 0.15) is 27.3 Å². The monoisotopic (exact) mass is 410 g/mol. The zero-order valence-electron chi connectivity index (χ0n) is 16.6. The van der Waals surface area contributed by atoms with E-state index in [1.165, 1.54) is 0 Å². The Kier molecular flexibility index (Phi) is 6.34. The Morgan fingerprint density at radius 3 is 2.41 bits per heavy atom. The standard InChI is InChI=1S/C22H23ClN4O2/c1-15-19(16(2)27(25-15)17-9-5-4-6-10-17)14-26(3)21(28)13-24-22(29)18-11-7-8-12-20(18)23/h4-12H,13-14H2,1-3H3,(H,24,29). The van der Waals surface area contributed by atoms with Crippen molar-refractivity contribution in [3.63, 3.8) is 0 Å². The number of amides is 2. The van der Waals surface area contributed by atoms with Crippen LogP contribution in [0, 0.1) is 13.8 Å². The predicted octanol–water partition coefficient (Wildman–Crippen LogP) is 3.53. The molecule has 29 heavy (non-hydrogen) atoms. The fourth-order valence-corrected chi connectivity index (χ4v) is 3.30. The van der Waals surface area contributed by atoms with Gasteiger partial charge in [-0.1, -0.05) is 41.9 Å². The van der Waals surface area contributed by atoms with E-state index in [0.29, 0.717) is 17.1 Å². The number of hydrogen-bond acceptors (Lipinski definition) is 3. The SMILES string of the molecule is Cc1nn(-c2ccccc2)c(C)c1CN(C)C(=O)CNC(=O)c1ccccc1Cl. The molecular weight excluding hydrogens is 388 g/mol. The van der Waals surface area contributed by atoms with E-state index >= 15 is 0 Å². The molecular formula is C22H23ClN4O2. The summed E-state index contributed by atoms with van der Waals surface area (Å²) in [4.78, 5) is 26.3. The summed E-state index contributed by atoms with van der Waals surface area (Å²) in [7, 11) is 1.71. The molecule has 150 valence electrons. The van der Waals surface area contributed by atoms with Crippen LogP contribution >= 0.6 is 11.6 Å². The summed E-state index contributed by atoms with van der Waals surface area (Å²) in [6, 6.07) is 16.6. The van der Waals surface area contributed by atoms with E-state index in [0.717, 1.165) is 22.6 Å². The van der Waals surface area contributed by atoms with Crippen molar-refractivity contribution in [2.75, 3.05) is 13.6 Å². The molecule has 1 aromatic heterocycles. The number of nitrogens with one attached hydrogen (secondary N) is 1. The van der Waals surface area contributed by atoms with Crippen LogP contribution in [-0.4, -0.2) is 40.1 Å². The topological polar surface area (TPSA) is 67.2 Å². The summed E-state index contributed by atoms with van der Waals surface area (Å²) in [6.07, 6.45) is 0. The van der Waals surface area contributed by atoms with E-state index < -0.39 is 0 Å². The molecule has 2 aromatic carbocycles. The van der Waals surface area contributed by atoms with Gasteiger partial charge in [-0.25, -0.2) is 4.68 Å². The van der Waals surface area contributed by atoms with Crippen LogP contribution in [0.2, 0.25) is 5.02 Å². The molecule has 1 heterocycles. The number of aromatic nitrogens is 2. The Bertz CT molecular complexity index is 1030. The first-order valence-electron chi connectivity index (χ1n) is 9.25. The molecule has 0 radical (unpaired) electrons. The molecule has 0 aliphatic carbocycles. The summed E-state index contributed by atoms with van der Waals surface area (Å²) >= 11 is 6.03. The maximum absolute atomic E-state index is 12.5. The zero-order chi connectivity index (χ0) is 21.0. The van der Waals surface area contributed by atoms with Crippen molar-refractivity contribution in [3.8, 4) is 5.69 Å². The van der Waals surface area contributed by atoms with Crippen LogP contribution in [0.5, 0.6) is 0 Å². The van der Waals surface area contributed by atoms with Crippen molar-refractivity contribution >= 4 is 23.4 Å². The second-order valence-electron chi connectivity index (χ2n) is 6.81. The van der Waals surface area contributed by atoms with Gasteiger partial charge in [0.2, 0.25) is 5.91 Å². The maximum Gasteiger partial charge on any atom is 0.253 e. The number of aryl methyl sites for hydroxylation is 1. The molecule has 0 atom stereocenters. The molecule has 2 amide bonds. The molecule has 3 rings (SSSR count). The molecule has 0 spiro atoms. The Morgan fingerprint density at radius 2 is 1.72 bits per heavy atom. The van der Waals surface area contributed by atoms with Crippen LogP contribution in [0.25, 0.3) is 5.69 Å². The number of nitrogens with zero attached hydrogens (tertiary/aromatic N) is 3.